The van der Waals surface area contributed by atoms with Crippen LogP contribution in [0.25, 0.3) is 6.08 Å². The van der Waals surface area contributed by atoms with Crippen LogP contribution in [0, 0.1) is 11.6 Å². The van der Waals surface area contributed by atoms with E-state index in [1.54, 1.807) is 0 Å². The maximum Gasteiger partial charge on any atom is 0.333 e. The van der Waals surface area contributed by atoms with Crippen LogP contribution in [0.15, 0.2) is 38.4 Å². The van der Waals surface area contributed by atoms with Crippen LogP contribution in [-0.4, -0.2) is 35.1 Å². The van der Waals surface area contributed by atoms with Gasteiger partial charge < -0.3 is 5.11 Å². The number of hydrogen-bond acceptors (Lipinski definition) is 5. The zero-order valence-electron chi connectivity index (χ0n) is 13.8. The molecule has 3 N–H and O–H groups in total. The summed E-state index contributed by atoms with van der Waals surface area (Å²) in [6, 6.07) is 2.86. The number of hydrogen-bond donors (Lipinski definition) is 3. The van der Waals surface area contributed by atoms with Gasteiger partial charge in [-0.3, -0.25) is 23.0 Å². The Labute approximate surface area is 152 Å². The van der Waals surface area contributed by atoms with Gasteiger partial charge in [0, 0.05) is 7.05 Å². The summed E-state index contributed by atoms with van der Waals surface area (Å²) in [6.45, 7) is -0.411. The first-order valence-electron chi connectivity index (χ1n) is 7.50. The third-order valence-electron chi connectivity index (χ3n) is 4.11. The molecule has 0 amide bonds. The summed E-state index contributed by atoms with van der Waals surface area (Å²) in [6.07, 6.45) is 0.985. The normalized spacial score (nSPS) is 16.4. The molecule has 0 saturated carbocycles. The van der Waals surface area contributed by atoms with E-state index >= 15 is 0 Å². The average Bonchev–Trinajstić information content (AvgIpc) is 2.58. The number of rotatable bonds is 3. The topological polar surface area (TPSA) is 122 Å². The molecule has 0 bridgehead atoms. The summed E-state index contributed by atoms with van der Waals surface area (Å²) in [7, 11) is -2.52. The Bertz CT molecular complexity index is 1120. The quantitative estimate of drug-likeness (QED) is 0.671. The fourth-order valence-electron chi connectivity index (χ4n) is 2.88. The molecular formula is C16H14F2N2O6S. The standard InChI is InChI=1S/C16H14F2N2O6S/c1-19-14-10(5-9(15(22)23)7-27(14,25)26)13(21)20(16(19)24)6-8-2-3-11(17)12(18)4-8/h2-5,25-26H,6-7H2,1H3,(H,22,23). The maximum absolute atomic E-state index is 13.4. The summed E-state index contributed by atoms with van der Waals surface area (Å²) >= 11 is 0. The Kier molecular flexibility index (Phi) is 4.54. The molecule has 0 aliphatic carbocycles. The number of carboxylic acid groups (broad SMARTS) is 1. The minimum absolute atomic E-state index is 0.123. The minimum atomic E-state index is -3.72. The molecule has 0 unspecified atom stereocenters. The van der Waals surface area contributed by atoms with Crippen molar-refractivity contribution in [2.75, 3.05) is 5.75 Å². The van der Waals surface area contributed by atoms with Crippen molar-refractivity contribution < 1.29 is 27.8 Å². The minimum Gasteiger partial charge on any atom is -0.478 e. The van der Waals surface area contributed by atoms with E-state index in [1.807, 2.05) is 0 Å². The van der Waals surface area contributed by atoms with Gasteiger partial charge in [0.15, 0.2) is 11.6 Å². The third kappa shape index (κ3) is 3.20. The first-order chi connectivity index (χ1) is 12.5. The fraction of sp³-hybridized carbons (Fsp3) is 0.188. The van der Waals surface area contributed by atoms with E-state index in [4.69, 9.17) is 5.11 Å². The molecule has 1 aliphatic rings. The number of fused-ring (bicyclic) bond motifs is 1. The molecule has 0 spiro atoms. The molecule has 2 heterocycles. The van der Waals surface area contributed by atoms with E-state index in [1.165, 1.54) is 13.1 Å². The molecule has 0 atom stereocenters. The number of carbonyl (C=O) groups is 1. The Morgan fingerprint density at radius 1 is 1.22 bits per heavy atom. The van der Waals surface area contributed by atoms with Gasteiger partial charge in [-0.05, 0) is 23.8 Å². The van der Waals surface area contributed by atoms with Crippen LogP contribution in [0.3, 0.4) is 0 Å². The number of aliphatic carboxylic acids is 1. The van der Waals surface area contributed by atoms with Crippen LogP contribution in [0.2, 0.25) is 0 Å². The van der Waals surface area contributed by atoms with Crippen LogP contribution < -0.4 is 11.2 Å². The lowest BCUT2D eigenvalue weighted by atomic mass is 10.2. The van der Waals surface area contributed by atoms with Gasteiger partial charge in [0.2, 0.25) is 0 Å². The lowest BCUT2D eigenvalue weighted by Gasteiger charge is -2.37. The first kappa shape index (κ1) is 19.0. The van der Waals surface area contributed by atoms with Crippen molar-refractivity contribution in [2.24, 2.45) is 7.05 Å². The number of carboxylic acids is 1. The lowest BCUT2D eigenvalue weighted by molar-refractivity contribution is -0.132. The first-order valence-corrected chi connectivity index (χ1v) is 9.22. The van der Waals surface area contributed by atoms with Crippen molar-refractivity contribution in [1.82, 2.24) is 9.13 Å². The van der Waals surface area contributed by atoms with Gasteiger partial charge in [-0.1, -0.05) is 6.07 Å². The summed E-state index contributed by atoms with van der Waals surface area (Å²) in [5.74, 6) is -4.30. The van der Waals surface area contributed by atoms with Crippen molar-refractivity contribution in [3.8, 4) is 0 Å². The van der Waals surface area contributed by atoms with Crippen molar-refractivity contribution in [2.45, 2.75) is 11.6 Å². The predicted molar refractivity (Wildman–Crippen MR) is 93.0 cm³/mol. The summed E-state index contributed by atoms with van der Waals surface area (Å²) < 4.78 is 48.5. The Morgan fingerprint density at radius 2 is 1.89 bits per heavy atom. The highest BCUT2D eigenvalue weighted by molar-refractivity contribution is 8.24. The largest absolute Gasteiger partial charge is 0.478 e. The summed E-state index contributed by atoms with van der Waals surface area (Å²) in [4.78, 5) is 36.5. The van der Waals surface area contributed by atoms with Crippen molar-refractivity contribution >= 4 is 22.6 Å². The van der Waals surface area contributed by atoms with Gasteiger partial charge in [0.25, 0.3) is 5.56 Å². The van der Waals surface area contributed by atoms with E-state index in [-0.39, 0.29) is 16.2 Å². The molecule has 27 heavy (non-hydrogen) atoms. The lowest BCUT2D eigenvalue weighted by Crippen LogP contribution is -2.43. The molecule has 144 valence electrons. The average molecular weight is 400 g/mol. The Balaban J connectivity index is 2.25. The molecule has 0 radical (unpaired) electrons. The Hall–Kier alpha value is -2.76. The molecule has 8 nitrogen and oxygen atoms in total. The smallest absolute Gasteiger partial charge is 0.333 e. The van der Waals surface area contributed by atoms with Gasteiger partial charge in [-0.25, -0.2) is 18.4 Å². The van der Waals surface area contributed by atoms with Crippen molar-refractivity contribution in [1.29, 1.82) is 0 Å². The van der Waals surface area contributed by atoms with E-state index in [0.29, 0.717) is 4.57 Å². The third-order valence-corrected chi connectivity index (χ3v) is 5.94. The predicted octanol–water partition coefficient (Wildman–Crippen LogP) is 1.46. The van der Waals surface area contributed by atoms with Crippen LogP contribution in [0.1, 0.15) is 11.1 Å². The van der Waals surface area contributed by atoms with E-state index in [0.717, 1.165) is 22.8 Å². The van der Waals surface area contributed by atoms with Gasteiger partial charge in [-0.15, -0.1) is 10.6 Å². The molecule has 0 saturated heterocycles. The molecule has 1 aromatic carbocycles. The summed E-state index contributed by atoms with van der Waals surface area (Å²) in [5, 5.41) is 8.78. The molecule has 1 aliphatic heterocycles. The van der Waals surface area contributed by atoms with Gasteiger partial charge in [-0.2, -0.15) is 0 Å². The van der Waals surface area contributed by atoms with Gasteiger partial charge in [0.05, 0.1) is 23.4 Å². The van der Waals surface area contributed by atoms with Crippen molar-refractivity contribution in [3.63, 3.8) is 0 Å². The molecule has 11 heteroatoms. The second-order valence-electron chi connectivity index (χ2n) is 5.99. The number of benzene rings is 1. The zero-order chi connectivity index (χ0) is 20.1. The molecule has 0 fully saturated rings. The highest BCUT2D eigenvalue weighted by Gasteiger charge is 2.33. The highest BCUT2D eigenvalue weighted by atomic mass is 32.3. The maximum atomic E-state index is 13.4. The van der Waals surface area contributed by atoms with E-state index in [9.17, 15) is 32.3 Å². The molecule has 1 aromatic heterocycles. The fourth-order valence-corrected chi connectivity index (χ4v) is 4.67. The van der Waals surface area contributed by atoms with Crippen molar-refractivity contribution in [3.05, 3.63) is 67.4 Å². The van der Waals surface area contributed by atoms with E-state index < -0.39 is 57.3 Å². The van der Waals surface area contributed by atoms with Crippen LogP contribution in [-0.2, 0) is 18.4 Å². The Morgan fingerprint density at radius 3 is 2.48 bits per heavy atom. The number of halogens is 2. The molecule has 3 rings (SSSR count). The number of aromatic nitrogens is 2. The SMILES string of the molecule is Cn1c2c(c(=O)n(Cc3ccc(F)c(F)c3)c1=O)C=C(C(=O)O)CS2(O)O. The van der Waals surface area contributed by atoms with Gasteiger partial charge in [0.1, 0.15) is 5.03 Å². The summed E-state index contributed by atoms with van der Waals surface area (Å²) in [5.41, 5.74) is -2.48. The van der Waals surface area contributed by atoms with Crippen LogP contribution >= 0.6 is 10.6 Å². The van der Waals surface area contributed by atoms with Crippen LogP contribution in [0.5, 0.6) is 0 Å². The zero-order valence-corrected chi connectivity index (χ0v) is 14.7. The molecule has 2 aromatic rings. The highest BCUT2D eigenvalue weighted by Crippen LogP contribution is 2.52. The van der Waals surface area contributed by atoms with Crippen LogP contribution in [0.4, 0.5) is 8.78 Å². The monoisotopic (exact) mass is 400 g/mol. The van der Waals surface area contributed by atoms with E-state index in [2.05, 4.69) is 0 Å². The second kappa shape index (κ2) is 6.44. The van der Waals surface area contributed by atoms with Gasteiger partial charge >= 0.3 is 11.7 Å². The second-order valence-corrected chi connectivity index (χ2v) is 7.99. The molecular weight excluding hydrogens is 386 g/mol. The number of nitrogens with zero attached hydrogens (tertiary/aromatic N) is 2.